The summed E-state index contributed by atoms with van der Waals surface area (Å²) < 4.78 is 8.88. The molecule has 10 heteroatoms. The first-order valence-electron chi connectivity index (χ1n) is 6.87. The van der Waals surface area contributed by atoms with E-state index in [1.54, 1.807) is 24.3 Å². The fraction of sp³-hybridized carbons (Fsp3) is 0.0667. The Hall–Kier alpha value is -2.00. The third-order valence-electron chi connectivity index (χ3n) is 2.59. The first kappa shape index (κ1) is 21.0. The standard InChI is InChI=1S/C15H15N3OS.H3O4P/c16-10-14(17)18-12-8-6-11(7-9-12)15(19)20-13-4-2-1-3-5-13;1-5(2,3)4/h1-10,14,16,18H,17H2;(H3,1,2,3,4). The number of carbonyl (C=O) groups excluding carboxylic acids is 1. The molecule has 0 saturated heterocycles. The fourth-order valence-corrected chi connectivity index (χ4v) is 2.35. The first-order chi connectivity index (χ1) is 11.7. The molecule has 0 heterocycles. The number of hydrogen-bond donors (Lipinski definition) is 6. The molecule has 1 atom stereocenters. The third-order valence-corrected chi connectivity index (χ3v) is 3.52. The maximum Gasteiger partial charge on any atom is 0.466 e. The van der Waals surface area contributed by atoms with E-state index < -0.39 is 14.0 Å². The van der Waals surface area contributed by atoms with Crippen LogP contribution in [0.1, 0.15) is 10.4 Å². The van der Waals surface area contributed by atoms with E-state index in [1.165, 1.54) is 11.8 Å². The van der Waals surface area contributed by atoms with Crippen LogP contribution in [0.3, 0.4) is 0 Å². The molecule has 0 fully saturated rings. The average molecular weight is 383 g/mol. The van der Waals surface area contributed by atoms with E-state index in [2.05, 4.69) is 5.32 Å². The summed E-state index contributed by atoms with van der Waals surface area (Å²) in [7, 11) is -4.64. The lowest BCUT2D eigenvalue weighted by Gasteiger charge is -2.10. The summed E-state index contributed by atoms with van der Waals surface area (Å²) in [6.45, 7) is 0. The fourth-order valence-electron chi connectivity index (χ4n) is 1.59. The smallest absolute Gasteiger partial charge is 0.365 e. The Labute approximate surface area is 148 Å². The number of carbonyl (C=O) groups is 1. The summed E-state index contributed by atoms with van der Waals surface area (Å²) in [6, 6.07) is 16.6. The zero-order chi connectivity index (χ0) is 18.9. The van der Waals surface area contributed by atoms with Crippen molar-refractivity contribution in [3.63, 3.8) is 0 Å². The van der Waals surface area contributed by atoms with Crippen molar-refractivity contribution in [3.8, 4) is 0 Å². The van der Waals surface area contributed by atoms with Crippen molar-refractivity contribution < 1.29 is 24.0 Å². The Bertz CT molecular complexity index is 728. The van der Waals surface area contributed by atoms with E-state index in [1.807, 2.05) is 30.3 Å². The van der Waals surface area contributed by atoms with Gasteiger partial charge in [-0.05, 0) is 48.2 Å². The van der Waals surface area contributed by atoms with Crippen LogP contribution in [0.15, 0.2) is 59.5 Å². The number of thioether (sulfide) groups is 1. The summed E-state index contributed by atoms with van der Waals surface area (Å²) in [5.41, 5.74) is 6.99. The summed E-state index contributed by atoms with van der Waals surface area (Å²) in [4.78, 5) is 34.6. The van der Waals surface area contributed by atoms with Crippen molar-refractivity contribution >= 4 is 36.6 Å². The van der Waals surface area contributed by atoms with E-state index in [9.17, 15) is 4.79 Å². The molecule has 0 saturated carbocycles. The topological polar surface area (TPSA) is 157 Å². The Morgan fingerprint density at radius 2 is 1.64 bits per heavy atom. The van der Waals surface area contributed by atoms with Crippen LogP contribution in [0.2, 0.25) is 0 Å². The molecule has 2 rings (SSSR count). The number of anilines is 1. The summed E-state index contributed by atoms with van der Waals surface area (Å²) >= 11 is 1.20. The van der Waals surface area contributed by atoms with Crippen molar-refractivity contribution in [2.75, 3.05) is 5.32 Å². The van der Waals surface area contributed by atoms with Gasteiger partial charge in [-0.1, -0.05) is 18.2 Å². The second kappa shape index (κ2) is 10.1. The van der Waals surface area contributed by atoms with Crippen LogP contribution < -0.4 is 11.1 Å². The van der Waals surface area contributed by atoms with Gasteiger partial charge in [-0.15, -0.1) is 0 Å². The highest BCUT2D eigenvalue weighted by Gasteiger charge is 2.08. The number of benzene rings is 2. The molecular formula is C15H18N3O5PS. The van der Waals surface area contributed by atoms with E-state index >= 15 is 0 Å². The molecule has 0 aliphatic carbocycles. The molecule has 2 aromatic carbocycles. The highest BCUT2D eigenvalue weighted by atomic mass is 32.2. The minimum atomic E-state index is -4.64. The molecule has 0 amide bonds. The number of nitrogens with two attached hydrogens (primary N) is 1. The molecule has 0 aliphatic rings. The highest BCUT2D eigenvalue weighted by molar-refractivity contribution is 8.14. The minimum Gasteiger partial charge on any atom is -0.365 e. The van der Waals surface area contributed by atoms with Crippen LogP contribution in [0.25, 0.3) is 0 Å². The Kier molecular flexibility index (Phi) is 8.50. The van der Waals surface area contributed by atoms with Crippen molar-refractivity contribution in [3.05, 3.63) is 60.2 Å². The Morgan fingerprint density at radius 3 is 2.12 bits per heavy atom. The lowest BCUT2D eigenvalue weighted by molar-refractivity contribution is 0.108. The van der Waals surface area contributed by atoms with E-state index in [0.29, 0.717) is 5.56 Å². The summed E-state index contributed by atoms with van der Waals surface area (Å²) in [5, 5.41) is 9.95. The van der Waals surface area contributed by atoms with Gasteiger partial charge in [0.2, 0.25) is 5.12 Å². The van der Waals surface area contributed by atoms with E-state index in [0.717, 1.165) is 16.8 Å². The molecule has 7 N–H and O–H groups in total. The van der Waals surface area contributed by atoms with Crippen LogP contribution in [-0.2, 0) is 4.57 Å². The van der Waals surface area contributed by atoms with Gasteiger partial charge in [-0.2, -0.15) is 0 Å². The van der Waals surface area contributed by atoms with Crippen LogP contribution in [-0.4, -0.2) is 32.2 Å². The number of rotatable bonds is 5. The van der Waals surface area contributed by atoms with Crippen LogP contribution >= 0.6 is 19.6 Å². The van der Waals surface area contributed by atoms with Gasteiger partial charge in [0.05, 0.1) is 0 Å². The quantitative estimate of drug-likeness (QED) is 0.198. The first-order valence-corrected chi connectivity index (χ1v) is 9.25. The zero-order valence-corrected chi connectivity index (χ0v) is 14.7. The van der Waals surface area contributed by atoms with Gasteiger partial charge in [0.15, 0.2) is 0 Å². The number of phosphoric acid groups is 1. The molecule has 0 aromatic heterocycles. The van der Waals surface area contributed by atoms with Gasteiger partial charge >= 0.3 is 7.82 Å². The largest absolute Gasteiger partial charge is 0.466 e. The monoisotopic (exact) mass is 383 g/mol. The van der Waals surface area contributed by atoms with Crippen LogP contribution in [0, 0.1) is 5.41 Å². The molecule has 0 radical (unpaired) electrons. The second-order valence-corrected chi connectivity index (χ2v) is 6.70. The molecule has 1 unspecified atom stereocenters. The minimum absolute atomic E-state index is 0.000831. The maximum atomic E-state index is 12.1. The van der Waals surface area contributed by atoms with Gasteiger partial charge in [0.25, 0.3) is 0 Å². The third kappa shape index (κ3) is 9.78. The SMILES string of the molecule is N=CC(N)Nc1ccc(C(=O)Sc2ccccc2)cc1.O=P(O)(O)O. The van der Waals surface area contributed by atoms with Gasteiger partial charge < -0.3 is 31.1 Å². The summed E-state index contributed by atoms with van der Waals surface area (Å²) in [5.74, 6) is 0. The molecular weight excluding hydrogens is 365 g/mol. The predicted molar refractivity (Wildman–Crippen MR) is 97.7 cm³/mol. The van der Waals surface area contributed by atoms with Gasteiger partial charge in [0, 0.05) is 22.4 Å². The number of nitrogens with one attached hydrogen (secondary N) is 2. The normalized spacial score (nSPS) is 11.7. The van der Waals surface area contributed by atoms with E-state index in [4.69, 9.17) is 30.4 Å². The van der Waals surface area contributed by atoms with Crippen LogP contribution in [0.5, 0.6) is 0 Å². The molecule has 25 heavy (non-hydrogen) atoms. The highest BCUT2D eigenvalue weighted by Crippen LogP contribution is 2.26. The van der Waals surface area contributed by atoms with Crippen molar-refractivity contribution in [2.24, 2.45) is 5.73 Å². The molecule has 8 nitrogen and oxygen atoms in total. The lowest BCUT2D eigenvalue weighted by atomic mass is 10.2. The molecule has 0 spiro atoms. The van der Waals surface area contributed by atoms with Crippen molar-refractivity contribution in [2.45, 2.75) is 11.1 Å². The van der Waals surface area contributed by atoms with Crippen molar-refractivity contribution in [1.29, 1.82) is 5.41 Å². The molecule has 0 bridgehead atoms. The molecule has 134 valence electrons. The Morgan fingerprint density at radius 1 is 1.12 bits per heavy atom. The maximum absolute atomic E-state index is 12.1. The van der Waals surface area contributed by atoms with Crippen molar-refractivity contribution in [1.82, 2.24) is 0 Å². The molecule has 0 aliphatic heterocycles. The summed E-state index contributed by atoms with van der Waals surface area (Å²) in [6.07, 6.45) is 0.597. The second-order valence-electron chi connectivity index (χ2n) is 4.63. The predicted octanol–water partition coefficient (Wildman–Crippen LogP) is 2.04. The Balaban J connectivity index is 0.000000550. The number of hydrogen-bond acceptors (Lipinski definition) is 6. The van der Waals surface area contributed by atoms with E-state index in [-0.39, 0.29) is 5.12 Å². The van der Waals surface area contributed by atoms with Gasteiger partial charge in [-0.25, -0.2) is 4.57 Å². The average Bonchev–Trinajstić information content (AvgIpc) is 2.54. The van der Waals surface area contributed by atoms with Gasteiger partial charge in [0.1, 0.15) is 6.17 Å². The lowest BCUT2D eigenvalue weighted by Crippen LogP contribution is -2.30. The molecule has 2 aromatic rings. The zero-order valence-electron chi connectivity index (χ0n) is 12.9. The van der Waals surface area contributed by atoms with Gasteiger partial charge in [-0.3, -0.25) is 4.79 Å². The van der Waals surface area contributed by atoms with Crippen LogP contribution in [0.4, 0.5) is 5.69 Å².